The number of hydrogen-bond donors (Lipinski definition) is 0. The van der Waals surface area contributed by atoms with Crippen LogP contribution < -0.4 is 4.57 Å². The van der Waals surface area contributed by atoms with E-state index < -0.39 is 61.6 Å². The molecule has 0 aromatic carbocycles. The van der Waals surface area contributed by atoms with Crippen molar-refractivity contribution in [3.05, 3.63) is 22.8 Å². The maximum atomic E-state index is 12.5. The van der Waals surface area contributed by atoms with E-state index in [0.717, 1.165) is 17.1 Å². The van der Waals surface area contributed by atoms with Gasteiger partial charge in [-0.25, -0.2) is 26.0 Å². The van der Waals surface area contributed by atoms with Gasteiger partial charge in [0.05, 0.1) is 7.05 Å². The fourth-order valence-electron chi connectivity index (χ4n) is 1.43. The minimum Gasteiger partial charge on any atom is -0.425 e. The van der Waals surface area contributed by atoms with Crippen LogP contribution in [-0.4, -0.2) is 56.4 Å². The highest BCUT2D eigenvalue weighted by molar-refractivity contribution is 8.13. The summed E-state index contributed by atoms with van der Waals surface area (Å²) in [6.07, 6.45) is -15.8. The Labute approximate surface area is 191 Å². The van der Waals surface area contributed by atoms with Crippen LogP contribution in [0.4, 0.5) is 65.9 Å². The molecule has 1 aromatic rings. The van der Waals surface area contributed by atoms with Crippen LogP contribution >= 0.6 is 0 Å². The zero-order chi connectivity index (χ0) is 28.7. The molecule has 24 heteroatoms. The van der Waals surface area contributed by atoms with Crippen LogP contribution in [0, 0.1) is 0 Å². The molecule has 0 atom stereocenters. The summed E-state index contributed by atoms with van der Waals surface area (Å²) in [5.41, 5.74) is 0. The van der Waals surface area contributed by atoms with Gasteiger partial charge >= 0.3 is 35.0 Å². The van der Waals surface area contributed by atoms with Crippen molar-refractivity contribution in [2.45, 2.75) is 48.9 Å². The van der Waals surface area contributed by atoms with Crippen molar-refractivity contribution in [1.29, 1.82) is 0 Å². The zero-order valence-corrected chi connectivity index (χ0v) is 17.5. The molecule has 0 amide bonds. The number of hydrogen-bond acceptors (Lipinski definition) is 4. The predicted octanol–water partition coefficient (Wildman–Crippen LogP) is 4.48. The van der Waals surface area contributed by atoms with Crippen molar-refractivity contribution >= 4 is 20.0 Å². The molecular formula is C12H12F15N3O4S2. The number of rotatable bonds is 6. The molecule has 1 heterocycles. The van der Waals surface area contributed by atoms with Crippen LogP contribution in [0.15, 0.2) is 18.7 Å². The first-order chi connectivity index (χ1) is 14.9. The third-order valence-corrected chi connectivity index (χ3v) is 6.45. The molecule has 216 valence electrons. The highest BCUT2D eigenvalue weighted by Crippen LogP contribution is 2.47. The summed E-state index contributed by atoms with van der Waals surface area (Å²) < 4.78 is 223. The fraction of sp³-hybridized carbons (Fsp3) is 0.750. The Balaban J connectivity index is 0. The SMILES string of the molecule is C.C[n+]1ccn(CC(F)(F)C(F)(F)F)c1.O=S(=O)([N-]S(=O)(=O)C(F)(F)C(F)(F)F)C(F)(F)C(F)(F)F. The molecule has 0 spiro atoms. The summed E-state index contributed by atoms with van der Waals surface area (Å²) in [6, 6.07) is 0. The van der Waals surface area contributed by atoms with Gasteiger partial charge in [0.2, 0.25) is 6.33 Å². The van der Waals surface area contributed by atoms with E-state index in [4.69, 9.17) is 0 Å². The fourth-order valence-corrected chi connectivity index (χ4v) is 3.80. The quantitative estimate of drug-likeness (QED) is 0.351. The van der Waals surface area contributed by atoms with Gasteiger partial charge in [0.25, 0.3) is 0 Å². The molecule has 0 fully saturated rings. The second kappa shape index (κ2) is 10.4. The molecule has 0 saturated heterocycles. The van der Waals surface area contributed by atoms with E-state index in [1.807, 2.05) is 0 Å². The standard InChI is InChI=1S/C7H8F5N2.C4F10NO4S2.CH4/c1-13-2-3-14(5-13)4-6(8,9)7(10,11)12;5-1(6,7)3(11,12)20(16,17)15-21(18,19)4(13,14)2(8,9)10;/h2-3,5H,4H2,1H3;;1H4/q+1;-1;. The Kier molecular flexibility index (Phi) is 10.5. The zero-order valence-electron chi connectivity index (χ0n) is 15.9. The molecule has 7 nitrogen and oxygen atoms in total. The first-order valence-corrected chi connectivity index (χ1v) is 10.4. The molecule has 1 aromatic heterocycles. The third-order valence-electron chi connectivity index (χ3n) is 3.12. The third kappa shape index (κ3) is 7.76. The molecule has 0 N–H and O–H groups in total. The first-order valence-electron chi connectivity index (χ1n) is 7.51. The van der Waals surface area contributed by atoms with E-state index in [9.17, 15) is 82.7 Å². The topological polar surface area (TPSA) is 91.2 Å². The van der Waals surface area contributed by atoms with Crippen molar-refractivity contribution in [3.8, 4) is 0 Å². The van der Waals surface area contributed by atoms with Crippen LogP contribution in [0.3, 0.4) is 0 Å². The van der Waals surface area contributed by atoms with E-state index in [-0.39, 0.29) is 7.43 Å². The number of aryl methyl sites for hydroxylation is 1. The molecular weight excluding hydrogens is 599 g/mol. The average Bonchev–Trinajstić information content (AvgIpc) is 2.95. The van der Waals surface area contributed by atoms with Crippen molar-refractivity contribution in [3.63, 3.8) is 0 Å². The summed E-state index contributed by atoms with van der Waals surface area (Å²) in [7, 11) is -13.7. The van der Waals surface area contributed by atoms with Gasteiger partial charge in [-0.05, 0) is 0 Å². The van der Waals surface area contributed by atoms with E-state index in [1.54, 1.807) is 0 Å². The van der Waals surface area contributed by atoms with Crippen molar-refractivity contribution in [2.24, 2.45) is 7.05 Å². The maximum Gasteiger partial charge on any atom is 0.467 e. The van der Waals surface area contributed by atoms with E-state index in [2.05, 4.69) is 0 Å². The van der Waals surface area contributed by atoms with Crippen molar-refractivity contribution in [2.75, 3.05) is 0 Å². The van der Waals surface area contributed by atoms with Gasteiger partial charge in [-0.3, -0.25) is 0 Å². The monoisotopic (exact) mass is 611 g/mol. The van der Waals surface area contributed by atoms with Crippen LogP contribution in [0.5, 0.6) is 0 Å². The highest BCUT2D eigenvalue weighted by atomic mass is 32.3. The Morgan fingerprint density at radius 2 is 1.03 bits per heavy atom. The maximum absolute atomic E-state index is 12.5. The molecule has 36 heavy (non-hydrogen) atoms. The van der Waals surface area contributed by atoms with E-state index >= 15 is 0 Å². The number of halogens is 15. The average molecular weight is 611 g/mol. The minimum absolute atomic E-state index is 0. The van der Waals surface area contributed by atoms with E-state index in [0.29, 0.717) is 4.13 Å². The van der Waals surface area contributed by atoms with Crippen molar-refractivity contribution < 1.29 is 87.3 Å². The lowest BCUT2D eigenvalue weighted by Gasteiger charge is -2.31. The van der Waals surface area contributed by atoms with Gasteiger partial charge < -0.3 is 4.13 Å². The smallest absolute Gasteiger partial charge is 0.425 e. The Morgan fingerprint density at radius 1 is 0.694 bits per heavy atom. The van der Waals surface area contributed by atoms with Crippen LogP contribution in [0.25, 0.3) is 4.13 Å². The summed E-state index contributed by atoms with van der Waals surface area (Å²) in [5.74, 6) is -4.70. The summed E-state index contributed by atoms with van der Waals surface area (Å²) >= 11 is 0. The summed E-state index contributed by atoms with van der Waals surface area (Å²) in [6.45, 7) is -1.39. The van der Waals surface area contributed by atoms with E-state index in [1.165, 1.54) is 17.8 Å². The molecule has 0 aliphatic rings. The van der Waals surface area contributed by atoms with Gasteiger partial charge in [-0.1, -0.05) is 7.43 Å². The number of sulfonamides is 2. The highest BCUT2D eigenvalue weighted by Gasteiger charge is 2.68. The molecule has 0 radical (unpaired) electrons. The molecule has 1 rings (SSSR count). The Bertz CT molecular complexity index is 1030. The Hall–Kier alpha value is -1.98. The molecule has 0 aliphatic carbocycles. The van der Waals surface area contributed by atoms with Gasteiger partial charge in [-0.2, -0.15) is 65.9 Å². The minimum atomic E-state index is -7.62. The number of nitrogens with zero attached hydrogens (tertiary/aromatic N) is 3. The van der Waals surface area contributed by atoms with Gasteiger partial charge in [0, 0.05) is 0 Å². The first kappa shape index (κ1) is 36.2. The number of aromatic nitrogens is 2. The Morgan fingerprint density at radius 3 is 1.25 bits per heavy atom. The number of imidazole rings is 1. The lowest BCUT2D eigenvalue weighted by atomic mass is 10.3. The predicted molar refractivity (Wildman–Crippen MR) is 86.5 cm³/mol. The second-order valence-corrected chi connectivity index (χ2v) is 9.53. The summed E-state index contributed by atoms with van der Waals surface area (Å²) in [5, 5.41) is -14.0. The van der Waals surface area contributed by atoms with Crippen molar-refractivity contribution in [1.82, 2.24) is 4.57 Å². The number of alkyl halides is 15. The van der Waals surface area contributed by atoms with Gasteiger partial charge in [0.1, 0.15) is 12.4 Å². The largest absolute Gasteiger partial charge is 0.467 e. The molecule has 0 bridgehead atoms. The summed E-state index contributed by atoms with van der Waals surface area (Å²) in [4.78, 5) is 0. The molecule has 0 unspecified atom stereocenters. The second-order valence-electron chi connectivity index (χ2n) is 6.01. The lowest BCUT2D eigenvalue weighted by molar-refractivity contribution is -0.671. The van der Waals surface area contributed by atoms with Crippen LogP contribution in [-0.2, 0) is 33.6 Å². The van der Waals surface area contributed by atoms with Gasteiger partial charge in [0.15, 0.2) is 26.6 Å². The van der Waals surface area contributed by atoms with Crippen LogP contribution in [0.2, 0.25) is 0 Å². The van der Waals surface area contributed by atoms with Crippen LogP contribution in [0.1, 0.15) is 7.43 Å². The lowest BCUT2D eigenvalue weighted by Crippen LogP contribution is -2.48. The normalized spacial score (nSPS) is 14.6. The molecule has 0 aliphatic heterocycles. The molecule has 0 saturated carbocycles. The van der Waals surface area contributed by atoms with Gasteiger partial charge in [-0.15, -0.1) is 0 Å².